The Labute approximate surface area is 272 Å². The number of carbonyl (C=O) groups excluding carboxylic acids is 1. The molecule has 4 fully saturated rings. The van der Waals surface area contributed by atoms with E-state index in [9.17, 15) is 71.2 Å². The summed E-state index contributed by atoms with van der Waals surface area (Å²) >= 11 is 0. The zero-order valence-corrected chi connectivity index (χ0v) is 25.5. The van der Waals surface area contributed by atoms with Gasteiger partial charge < -0.3 is 105 Å². The minimum atomic E-state index is -2.06. The first-order valence-corrected chi connectivity index (χ1v) is 15.1. The molecule has 0 aromatic heterocycles. The van der Waals surface area contributed by atoms with E-state index >= 15 is 0 Å². The lowest BCUT2D eigenvalue weighted by Gasteiger charge is -2.49. The second-order valence-corrected chi connectivity index (χ2v) is 11.9. The molecule has 20 atom stereocenters. The van der Waals surface area contributed by atoms with Crippen LogP contribution >= 0.6 is 0 Å². The van der Waals surface area contributed by atoms with Crippen LogP contribution in [-0.4, -0.2) is 221 Å². The van der Waals surface area contributed by atoms with Gasteiger partial charge in [0.05, 0.1) is 26.4 Å². The zero-order valence-electron chi connectivity index (χ0n) is 25.5. The lowest BCUT2D eigenvalue weighted by atomic mass is 9.95. The first-order valence-electron chi connectivity index (χ1n) is 15.1. The summed E-state index contributed by atoms with van der Waals surface area (Å²) in [6, 6.07) is -1.53. The Morgan fingerprint density at radius 3 is 1.52 bits per heavy atom. The van der Waals surface area contributed by atoms with E-state index in [1.807, 2.05) is 0 Å². The maximum Gasteiger partial charge on any atom is 0.217 e. The van der Waals surface area contributed by atoms with E-state index in [1.165, 1.54) is 0 Å². The van der Waals surface area contributed by atoms with Crippen molar-refractivity contribution in [3.05, 3.63) is 0 Å². The number of nitrogens with one attached hydrogen (secondary N) is 1. The second-order valence-electron chi connectivity index (χ2n) is 11.9. The second kappa shape index (κ2) is 16.8. The Morgan fingerprint density at radius 1 is 0.500 bits per heavy atom. The maximum atomic E-state index is 11.9. The molecule has 0 bridgehead atoms. The van der Waals surface area contributed by atoms with E-state index < -0.39 is 155 Å². The molecule has 0 radical (unpaired) electrons. The van der Waals surface area contributed by atoms with Gasteiger partial charge in [0, 0.05) is 6.92 Å². The molecule has 0 saturated carbocycles. The highest BCUT2D eigenvalue weighted by Crippen LogP contribution is 2.34. The van der Waals surface area contributed by atoms with Gasteiger partial charge >= 0.3 is 0 Å². The Hall–Kier alpha value is -1.33. The fourth-order valence-electron chi connectivity index (χ4n) is 5.92. The van der Waals surface area contributed by atoms with Crippen molar-refractivity contribution in [2.24, 2.45) is 0 Å². The topological polar surface area (TPSA) is 357 Å². The Bertz CT molecular complexity index is 1030. The van der Waals surface area contributed by atoms with Gasteiger partial charge in [0.15, 0.2) is 25.2 Å². The summed E-state index contributed by atoms with van der Waals surface area (Å²) < 4.78 is 38.8. The predicted octanol–water partition coefficient (Wildman–Crippen LogP) is -9.61. The van der Waals surface area contributed by atoms with E-state index in [2.05, 4.69) is 5.32 Å². The van der Waals surface area contributed by atoms with Crippen molar-refractivity contribution in [3.8, 4) is 0 Å². The summed E-state index contributed by atoms with van der Waals surface area (Å²) in [5.41, 5.74) is 0. The van der Waals surface area contributed by atoms with Crippen molar-refractivity contribution in [2.75, 3.05) is 26.4 Å². The quantitative estimate of drug-likeness (QED) is 0.0947. The minimum Gasteiger partial charge on any atom is -0.394 e. The highest BCUT2D eigenvalue weighted by atomic mass is 16.8. The van der Waals surface area contributed by atoms with Crippen molar-refractivity contribution in [3.63, 3.8) is 0 Å². The molecule has 280 valence electrons. The van der Waals surface area contributed by atoms with Gasteiger partial charge in [-0.2, -0.15) is 0 Å². The molecule has 0 unspecified atom stereocenters. The van der Waals surface area contributed by atoms with Crippen molar-refractivity contribution in [1.82, 2.24) is 5.32 Å². The van der Waals surface area contributed by atoms with Crippen LogP contribution in [0.4, 0.5) is 0 Å². The molecule has 4 rings (SSSR count). The van der Waals surface area contributed by atoms with Gasteiger partial charge in [-0.3, -0.25) is 4.79 Å². The van der Waals surface area contributed by atoms with Crippen LogP contribution in [0.15, 0.2) is 0 Å². The standard InChI is InChI=1S/C26H45NO21/c1-6(32)27-11-15(36)12(33)7(2-28)43-24(11)48-22-16(37)13(34)8(3-29)45-26(22)47-21-14(35)9(4-30)44-25(19(21)40)46-20-10(5-31)42-23(41)18(39)17(20)38/h7-26,28-31,33-41H,2-5H2,1H3,(H,27,32)/t7-,8-,9-,10-,11-,12-,13-,14-,15-,16+,17-,18-,19+,20-,21+,22+,23-,24+,25+,26-/m1/s1. The molecule has 0 aliphatic carbocycles. The maximum absolute atomic E-state index is 11.9. The third kappa shape index (κ3) is 8.08. The summed E-state index contributed by atoms with van der Waals surface area (Å²) in [4.78, 5) is 11.9. The number of hydrogen-bond donors (Lipinski definition) is 14. The number of ether oxygens (including phenoxy) is 7. The molecule has 22 heteroatoms. The molecular weight excluding hydrogens is 662 g/mol. The van der Waals surface area contributed by atoms with Gasteiger partial charge in [-0.05, 0) is 0 Å². The number of aliphatic hydroxyl groups is 13. The van der Waals surface area contributed by atoms with Gasteiger partial charge in [-0.15, -0.1) is 0 Å². The summed E-state index contributed by atoms with van der Waals surface area (Å²) in [6.07, 6.45) is -34.1. The van der Waals surface area contributed by atoms with Gasteiger partial charge in [0.1, 0.15) is 97.6 Å². The van der Waals surface area contributed by atoms with Crippen LogP contribution in [0.1, 0.15) is 6.92 Å². The molecule has 0 spiro atoms. The first-order chi connectivity index (χ1) is 22.7. The molecule has 22 nitrogen and oxygen atoms in total. The van der Waals surface area contributed by atoms with Crippen molar-refractivity contribution >= 4 is 5.91 Å². The minimum absolute atomic E-state index is 0.715. The van der Waals surface area contributed by atoms with E-state index in [-0.39, 0.29) is 0 Å². The van der Waals surface area contributed by atoms with Crippen molar-refractivity contribution < 1.29 is 104 Å². The lowest BCUT2D eigenvalue weighted by molar-refractivity contribution is -0.391. The number of rotatable bonds is 11. The fraction of sp³-hybridized carbons (Fsp3) is 0.962. The fourth-order valence-corrected chi connectivity index (χ4v) is 5.92. The van der Waals surface area contributed by atoms with Crippen molar-refractivity contribution in [2.45, 2.75) is 130 Å². The lowest BCUT2D eigenvalue weighted by Crippen LogP contribution is -2.69. The Morgan fingerprint density at radius 2 is 0.958 bits per heavy atom. The van der Waals surface area contributed by atoms with Crippen LogP contribution < -0.4 is 5.32 Å². The first kappa shape index (κ1) is 39.5. The van der Waals surface area contributed by atoms with E-state index in [0.717, 1.165) is 6.92 Å². The number of hydrogen-bond acceptors (Lipinski definition) is 21. The van der Waals surface area contributed by atoms with Crippen LogP contribution in [0.2, 0.25) is 0 Å². The number of aliphatic hydroxyl groups excluding tert-OH is 13. The van der Waals surface area contributed by atoms with Gasteiger partial charge in [0.25, 0.3) is 0 Å². The Kier molecular flexibility index (Phi) is 13.8. The molecule has 4 aliphatic rings. The largest absolute Gasteiger partial charge is 0.394 e. The van der Waals surface area contributed by atoms with E-state index in [1.54, 1.807) is 0 Å². The van der Waals surface area contributed by atoms with Crippen LogP contribution in [0.3, 0.4) is 0 Å². The molecule has 4 heterocycles. The summed E-state index contributed by atoms with van der Waals surface area (Å²) in [5.74, 6) is -0.715. The summed E-state index contributed by atoms with van der Waals surface area (Å²) in [7, 11) is 0. The zero-order chi connectivity index (χ0) is 35.6. The SMILES string of the molecule is CC(=O)N[C@H]1[C@H](O[C@@H]2[C@@H](O[C@@H]3[C@H](O)[C@H](O[C@H]4[C@H](O)[C@@H](O)[C@H](O)O[C@@H]4CO)O[C@H](CO)[C@H]3O)O[C@H](CO)[C@@H](O)[C@@H]2O)O[C@H](CO)[C@@H](O)[C@@H]1O. The highest BCUT2D eigenvalue weighted by molar-refractivity contribution is 5.73. The predicted molar refractivity (Wildman–Crippen MR) is 145 cm³/mol. The number of amides is 1. The monoisotopic (exact) mass is 707 g/mol. The molecular formula is C26H45NO21. The molecule has 0 aromatic rings. The van der Waals surface area contributed by atoms with E-state index in [0.29, 0.717) is 0 Å². The van der Waals surface area contributed by atoms with Crippen LogP contribution in [0.25, 0.3) is 0 Å². The van der Waals surface area contributed by atoms with E-state index in [4.69, 9.17) is 33.2 Å². The third-order valence-corrected chi connectivity index (χ3v) is 8.61. The summed E-state index contributed by atoms with van der Waals surface area (Å²) in [5, 5.41) is 136. The normalized spacial score (nSPS) is 50.2. The molecule has 0 aromatic carbocycles. The average molecular weight is 708 g/mol. The van der Waals surface area contributed by atoms with Gasteiger partial charge in [0.2, 0.25) is 5.91 Å². The molecule has 48 heavy (non-hydrogen) atoms. The van der Waals surface area contributed by atoms with Crippen molar-refractivity contribution in [1.29, 1.82) is 0 Å². The third-order valence-electron chi connectivity index (χ3n) is 8.61. The van der Waals surface area contributed by atoms with Crippen LogP contribution in [0, 0.1) is 0 Å². The molecule has 4 aliphatic heterocycles. The molecule has 4 saturated heterocycles. The van der Waals surface area contributed by atoms with Crippen LogP contribution in [-0.2, 0) is 38.0 Å². The Balaban J connectivity index is 1.61. The number of carbonyl (C=O) groups is 1. The highest BCUT2D eigenvalue weighted by Gasteiger charge is 2.55. The summed E-state index contributed by atoms with van der Waals surface area (Å²) in [6.45, 7) is -2.41. The average Bonchev–Trinajstić information content (AvgIpc) is 3.06. The van der Waals surface area contributed by atoms with Gasteiger partial charge in [-0.1, -0.05) is 0 Å². The smallest absolute Gasteiger partial charge is 0.217 e. The van der Waals surface area contributed by atoms with Gasteiger partial charge in [-0.25, -0.2) is 0 Å². The molecule has 1 amide bonds. The molecule has 14 N–H and O–H groups in total. The van der Waals surface area contributed by atoms with Crippen LogP contribution in [0.5, 0.6) is 0 Å².